The maximum atomic E-state index is 12.9. The minimum absolute atomic E-state index is 0.137. The van der Waals surface area contributed by atoms with Gasteiger partial charge in [-0.15, -0.1) is 0 Å². The summed E-state index contributed by atoms with van der Waals surface area (Å²) in [5.74, 6) is -0.198. The van der Waals surface area contributed by atoms with Crippen LogP contribution >= 0.6 is 11.8 Å². The molecule has 0 unspecified atom stereocenters. The quantitative estimate of drug-likeness (QED) is 0.393. The van der Waals surface area contributed by atoms with Gasteiger partial charge in [0, 0.05) is 7.05 Å². The number of amides is 1. The lowest BCUT2D eigenvalue weighted by atomic mass is 9.83. The van der Waals surface area contributed by atoms with Crippen LogP contribution in [0.25, 0.3) is 21.7 Å². The van der Waals surface area contributed by atoms with Crippen molar-refractivity contribution in [3.05, 3.63) is 46.8 Å². The van der Waals surface area contributed by atoms with E-state index in [-0.39, 0.29) is 11.5 Å². The molecule has 1 aromatic heterocycles. The van der Waals surface area contributed by atoms with Gasteiger partial charge in [0.15, 0.2) is 5.16 Å². The number of fused-ring (bicyclic) bond motifs is 2. The number of rotatable bonds is 4. The molecule has 2 aromatic carbocycles. The largest absolute Gasteiger partial charge is 0.337 e. The molecule has 0 saturated heterocycles. The molecule has 1 amide bonds. The second-order valence-electron chi connectivity index (χ2n) is 7.98. The number of carbonyl (C=O) groups excluding carboxylic acids is 1. The SMILES string of the molecule is C[C@H](Sc1nc2cc3ccccc3cc2c(=O)n1C)C(=O)NC1(C#N)CCCCC1. The predicted octanol–water partition coefficient (Wildman–Crippen LogP) is 3.91. The van der Waals surface area contributed by atoms with Crippen LogP contribution in [0.1, 0.15) is 39.0 Å². The lowest BCUT2D eigenvalue weighted by Gasteiger charge is -2.32. The van der Waals surface area contributed by atoms with Crippen molar-refractivity contribution in [1.29, 1.82) is 5.26 Å². The lowest BCUT2D eigenvalue weighted by Crippen LogP contribution is -2.51. The topological polar surface area (TPSA) is 87.8 Å². The molecule has 1 N–H and O–H groups in total. The Morgan fingerprint density at radius 3 is 2.57 bits per heavy atom. The van der Waals surface area contributed by atoms with Crippen LogP contribution in [0.4, 0.5) is 0 Å². The molecular formula is C23H24N4O2S. The number of hydrogen-bond acceptors (Lipinski definition) is 5. The molecule has 7 heteroatoms. The van der Waals surface area contributed by atoms with Crippen molar-refractivity contribution in [2.75, 3.05) is 0 Å². The molecule has 0 bridgehead atoms. The summed E-state index contributed by atoms with van der Waals surface area (Å²) in [4.78, 5) is 30.4. The van der Waals surface area contributed by atoms with Gasteiger partial charge in [-0.05, 0) is 42.7 Å². The Bertz CT molecular complexity index is 1220. The van der Waals surface area contributed by atoms with E-state index in [2.05, 4.69) is 16.4 Å². The molecule has 1 aliphatic carbocycles. The maximum absolute atomic E-state index is 12.9. The van der Waals surface area contributed by atoms with E-state index in [0.717, 1.165) is 30.0 Å². The molecule has 30 heavy (non-hydrogen) atoms. The zero-order chi connectivity index (χ0) is 21.3. The van der Waals surface area contributed by atoms with Crippen LogP contribution in [-0.2, 0) is 11.8 Å². The number of aromatic nitrogens is 2. The predicted molar refractivity (Wildman–Crippen MR) is 119 cm³/mol. The second kappa shape index (κ2) is 8.11. The summed E-state index contributed by atoms with van der Waals surface area (Å²) in [6.07, 6.45) is 4.37. The first-order valence-electron chi connectivity index (χ1n) is 10.2. The molecule has 154 valence electrons. The Balaban J connectivity index is 1.62. The summed E-state index contributed by atoms with van der Waals surface area (Å²) in [5.41, 5.74) is -0.291. The van der Waals surface area contributed by atoms with Crippen molar-refractivity contribution in [1.82, 2.24) is 14.9 Å². The number of carbonyl (C=O) groups is 1. The van der Waals surface area contributed by atoms with E-state index in [4.69, 9.17) is 0 Å². The standard InChI is InChI=1S/C23H24N4O2S/c1-15(20(28)26-23(14-24)10-6-3-7-11-23)30-22-25-19-13-17-9-5-4-8-16(17)12-18(19)21(29)27(22)2/h4-5,8-9,12-13,15H,3,6-7,10-11H2,1-2H3,(H,26,28)/t15-/m0/s1. The number of nitrogens with one attached hydrogen (secondary N) is 1. The summed E-state index contributed by atoms with van der Waals surface area (Å²) in [5, 5.41) is 15.2. The number of nitrogens with zero attached hydrogens (tertiary/aromatic N) is 3. The molecule has 4 rings (SSSR count). The molecule has 1 saturated carbocycles. The summed E-state index contributed by atoms with van der Waals surface area (Å²) in [6, 6.07) is 13.9. The summed E-state index contributed by atoms with van der Waals surface area (Å²) >= 11 is 1.24. The third-order valence-electron chi connectivity index (χ3n) is 5.84. The number of hydrogen-bond donors (Lipinski definition) is 1. The van der Waals surface area contributed by atoms with E-state index in [1.54, 1.807) is 14.0 Å². The Morgan fingerprint density at radius 1 is 1.23 bits per heavy atom. The molecule has 3 aromatic rings. The smallest absolute Gasteiger partial charge is 0.261 e. The van der Waals surface area contributed by atoms with E-state index in [9.17, 15) is 14.9 Å². The summed E-state index contributed by atoms with van der Waals surface area (Å²) in [7, 11) is 1.68. The fraction of sp³-hybridized carbons (Fsp3) is 0.391. The van der Waals surface area contributed by atoms with Crippen molar-refractivity contribution in [2.24, 2.45) is 7.05 Å². The van der Waals surface area contributed by atoms with E-state index < -0.39 is 10.8 Å². The van der Waals surface area contributed by atoms with Crippen LogP contribution in [0.15, 0.2) is 46.3 Å². The highest BCUT2D eigenvalue weighted by Gasteiger charge is 2.35. The first-order valence-corrected chi connectivity index (χ1v) is 11.1. The van der Waals surface area contributed by atoms with Gasteiger partial charge >= 0.3 is 0 Å². The monoisotopic (exact) mass is 420 g/mol. The molecule has 0 aliphatic heterocycles. The average molecular weight is 421 g/mol. The summed E-state index contributed by atoms with van der Waals surface area (Å²) < 4.78 is 1.49. The molecule has 1 heterocycles. The normalized spacial score (nSPS) is 16.8. The minimum Gasteiger partial charge on any atom is -0.337 e. The zero-order valence-corrected chi connectivity index (χ0v) is 18.0. The molecule has 1 atom stereocenters. The third-order valence-corrected chi connectivity index (χ3v) is 6.98. The van der Waals surface area contributed by atoms with E-state index >= 15 is 0 Å². The molecule has 0 spiro atoms. The van der Waals surface area contributed by atoms with Crippen LogP contribution in [-0.4, -0.2) is 26.2 Å². The number of benzene rings is 2. The van der Waals surface area contributed by atoms with E-state index in [1.165, 1.54) is 16.3 Å². The molecular weight excluding hydrogens is 396 g/mol. The van der Waals surface area contributed by atoms with Crippen LogP contribution in [0, 0.1) is 11.3 Å². The molecule has 1 fully saturated rings. The second-order valence-corrected chi connectivity index (χ2v) is 9.29. The van der Waals surface area contributed by atoms with Gasteiger partial charge in [-0.1, -0.05) is 55.3 Å². The van der Waals surface area contributed by atoms with Crippen LogP contribution < -0.4 is 10.9 Å². The van der Waals surface area contributed by atoms with Crippen LogP contribution in [0.2, 0.25) is 0 Å². The van der Waals surface area contributed by atoms with Crippen molar-refractivity contribution in [2.45, 2.75) is 55.0 Å². The zero-order valence-electron chi connectivity index (χ0n) is 17.1. The van der Waals surface area contributed by atoms with Gasteiger partial charge in [0.05, 0.1) is 22.2 Å². The van der Waals surface area contributed by atoms with E-state index in [1.807, 2.05) is 36.4 Å². The van der Waals surface area contributed by atoms with Gasteiger partial charge in [-0.3, -0.25) is 14.2 Å². The van der Waals surface area contributed by atoms with Gasteiger partial charge in [0.1, 0.15) is 5.54 Å². The minimum atomic E-state index is -0.772. The van der Waals surface area contributed by atoms with Gasteiger partial charge in [-0.2, -0.15) is 5.26 Å². The fourth-order valence-corrected chi connectivity index (χ4v) is 4.89. The Hall–Kier alpha value is -2.85. The highest BCUT2D eigenvalue weighted by molar-refractivity contribution is 8.00. The van der Waals surface area contributed by atoms with Crippen molar-refractivity contribution >= 4 is 39.3 Å². The first-order chi connectivity index (χ1) is 14.4. The van der Waals surface area contributed by atoms with E-state index in [0.29, 0.717) is 28.9 Å². The van der Waals surface area contributed by atoms with Gasteiger partial charge < -0.3 is 5.32 Å². The summed E-state index contributed by atoms with van der Waals surface area (Å²) in [6.45, 7) is 1.78. The number of thioether (sulfide) groups is 1. The average Bonchev–Trinajstić information content (AvgIpc) is 2.76. The van der Waals surface area contributed by atoms with Gasteiger partial charge in [0.25, 0.3) is 5.56 Å². The highest BCUT2D eigenvalue weighted by Crippen LogP contribution is 2.29. The molecule has 1 aliphatic rings. The highest BCUT2D eigenvalue weighted by atomic mass is 32.2. The molecule has 0 radical (unpaired) electrons. The Labute approximate surface area is 179 Å². The van der Waals surface area contributed by atoms with Gasteiger partial charge in [0.2, 0.25) is 5.91 Å². The van der Waals surface area contributed by atoms with Crippen LogP contribution in [0.5, 0.6) is 0 Å². The van der Waals surface area contributed by atoms with Crippen molar-refractivity contribution in [3.8, 4) is 6.07 Å². The Kier molecular flexibility index (Phi) is 5.52. The first kappa shape index (κ1) is 20.4. The maximum Gasteiger partial charge on any atom is 0.261 e. The third kappa shape index (κ3) is 3.80. The fourth-order valence-electron chi connectivity index (χ4n) is 4.01. The van der Waals surface area contributed by atoms with Crippen molar-refractivity contribution in [3.63, 3.8) is 0 Å². The molecule has 6 nitrogen and oxygen atoms in total. The lowest BCUT2D eigenvalue weighted by molar-refractivity contribution is -0.121. The number of nitriles is 1. The van der Waals surface area contributed by atoms with Crippen molar-refractivity contribution < 1.29 is 4.79 Å². The van der Waals surface area contributed by atoms with Crippen LogP contribution in [0.3, 0.4) is 0 Å². The Morgan fingerprint density at radius 2 is 1.90 bits per heavy atom. The van der Waals surface area contributed by atoms with Gasteiger partial charge in [-0.25, -0.2) is 4.98 Å².